The van der Waals surface area contributed by atoms with Gasteiger partial charge in [-0.2, -0.15) is 0 Å². The molecule has 0 unspecified atom stereocenters. The van der Waals surface area contributed by atoms with Crippen molar-refractivity contribution in [3.8, 4) is 9.88 Å². The van der Waals surface area contributed by atoms with E-state index in [1.54, 1.807) is 11.3 Å². The first-order valence-electron chi connectivity index (χ1n) is 6.20. The molecule has 2 heterocycles. The van der Waals surface area contributed by atoms with E-state index in [9.17, 15) is 4.79 Å². The first kappa shape index (κ1) is 13.3. The monoisotopic (exact) mass is 356 g/mol. The van der Waals surface area contributed by atoms with Crippen molar-refractivity contribution in [2.45, 2.75) is 19.3 Å². The van der Waals surface area contributed by atoms with Crippen LogP contribution in [0.25, 0.3) is 9.88 Å². The van der Waals surface area contributed by atoms with Gasteiger partial charge in [0.05, 0.1) is 4.88 Å². The van der Waals surface area contributed by atoms with Gasteiger partial charge in [0.25, 0.3) is 5.91 Å². The third-order valence-electron chi connectivity index (χ3n) is 3.29. The average Bonchev–Trinajstić information content (AvgIpc) is 2.94. The van der Waals surface area contributed by atoms with Gasteiger partial charge in [-0.25, -0.2) is 4.98 Å². The number of hydrogen-bond acceptors (Lipinski definition) is 4. The Hall–Kier alpha value is -0.720. The molecule has 2 aromatic rings. The van der Waals surface area contributed by atoms with E-state index in [0.29, 0.717) is 11.6 Å². The van der Waals surface area contributed by atoms with E-state index in [2.05, 4.69) is 26.2 Å². The highest BCUT2D eigenvalue weighted by molar-refractivity contribution is 9.10. The zero-order valence-corrected chi connectivity index (χ0v) is 13.4. The Labute approximate surface area is 128 Å². The Balaban J connectivity index is 1.64. The molecule has 1 saturated carbocycles. The van der Waals surface area contributed by atoms with Crippen molar-refractivity contribution >= 4 is 44.5 Å². The number of carbonyl (C=O) groups is 1. The van der Waals surface area contributed by atoms with Gasteiger partial charge >= 0.3 is 0 Å². The van der Waals surface area contributed by atoms with Gasteiger partial charge < -0.3 is 5.32 Å². The van der Waals surface area contributed by atoms with Crippen molar-refractivity contribution in [2.75, 3.05) is 6.54 Å². The Kier molecular flexibility index (Phi) is 4.00. The summed E-state index contributed by atoms with van der Waals surface area (Å²) < 4.78 is 1.05. The maximum absolute atomic E-state index is 12.0. The van der Waals surface area contributed by atoms with Gasteiger partial charge in [-0.05, 0) is 40.8 Å². The molecule has 1 amide bonds. The number of aromatic nitrogens is 1. The van der Waals surface area contributed by atoms with Crippen LogP contribution in [0.4, 0.5) is 0 Å². The molecule has 1 aliphatic carbocycles. The first-order valence-corrected chi connectivity index (χ1v) is 8.76. The molecule has 6 heteroatoms. The highest BCUT2D eigenvalue weighted by Gasteiger charge is 2.19. The summed E-state index contributed by atoms with van der Waals surface area (Å²) >= 11 is 6.57. The highest BCUT2D eigenvalue weighted by atomic mass is 79.9. The van der Waals surface area contributed by atoms with Gasteiger partial charge in [0.1, 0.15) is 10.7 Å². The molecule has 1 N–H and O–H groups in total. The normalized spacial score (nSPS) is 15.2. The number of amides is 1. The quantitative estimate of drug-likeness (QED) is 0.893. The van der Waals surface area contributed by atoms with Crippen molar-refractivity contribution in [2.24, 2.45) is 5.92 Å². The van der Waals surface area contributed by atoms with Gasteiger partial charge in [0, 0.05) is 21.8 Å². The van der Waals surface area contributed by atoms with Gasteiger partial charge in [-0.3, -0.25) is 4.79 Å². The number of nitrogens with zero attached hydrogens (tertiary/aromatic N) is 1. The van der Waals surface area contributed by atoms with Crippen molar-refractivity contribution in [3.05, 3.63) is 27.0 Å². The lowest BCUT2D eigenvalue weighted by molar-refractivity contribution is 0.0935. The number of hydrogen-bond donors (Lipinski definition) is 1. The molecule has 0 atom stereocenters. The average molecular weight is 357 g/mol. The van der Waals surface area contributed by atoms with Crippen molar-refractivity contribution < 1.29 is 4.79 Å². The fourth-order valence-corrected chi connectivity index (χ4v) is 4.25. The molecule has 0 saturated heterocycles. The van der Waals surface area contributed by atoms with Gasteiger partial charge in [0.2, 0.25) is 0 Å². The van der Waals surface area contributed by atoms with Crippen LogP contribution in [0.1, 0.15) is 29.8 Å². The fraction of sp³-hybridized carbons (Fsp3) is 0.385. The van der Waals surface area contributed by atoms with E-state index in [1.165, 1.54) is 30.6 Å². The number of carbonyl (C=O) groups excluding carboxylic acids is 1. The van der Waals surface area contributed by atoms with Crippen LogP contribution in [0.3, 0.4) is 0 Å². The molecule has 19 heavy (non-hydrogen) atoms. The second-order valence-electron chi connectivity index (χ2n) is 4.67. The number of thiophene rings is 1. The van der Waals surface area contributed by atoms with Gasteiger partial charge in [-0.1, -0.05) is 6.42 Å². The van der Waals surface area contributed by atoms with Crippen LogP contribution in [0.15, 0.2) is 21.3 Å². The lowest BCUT2D eigenvalue weighted by Crippen LogP contribution is -2.32. The Bertz CT molecular complexity index is 589. The van der Waals surface area contributed by atoms with Crippen LogP contribution in [0.2, 0.25) is 0 Å². The molecule has 1 aliphatic rings. The third kappa shape index (κ3) is 3.07. The van der Waals surface area contributed by atoms with E-state index in [4.69, 9.17) is 0 Å². The van der Waals surface area contributed by atoms with Crippen LogP contribution in [0, 0.1) is 5.92 Å². The largest absolute Gasteiger partial charge is 0.350 e. The minimum absolute atomic E-state index is 0.0509. The molecule has 0 radical (unpaired) electrons. The fourth-order valence-electron chi connectivity index (χ4n) is 1.94. The smallest absolute Gasteiger partial charge is 0.270 e. The summed E-state index contributed by atoms with van der Waals surface area (Å²) in [6, 6.07) is 2.03. The number of thiazole rings is 1. The second kappa shape index (κ2) is 5.73. The lowest BCUT2D eigenvalue weighted by Gasteiger charge is -2.25. The summed E-state index contributed by atoms with van der Waals surface area (Å²) in [6.45, 7) is 0.788. The van der Waals surface area contributed by atoms with Gasteiger partial charge in [-0.15, -0.1) is 22.7 Å². The lowest BCUT2D eigenvalue weighted by atomic mass is 9.85. The molecule has 0 aromatic carbocycles. The predicted octanol–water partition coefficient (Wildman–Crippen LogP) is 4.16. The Morgan fingerprint density at radius 3 is 2.89 bits per heavy atom. The first-order chi connectivity index (χ1) is 9.22. The predicted molar refractivity (Wildman–Crippen MR) is 82.8 cm³/mol. The van der Waals surface area contributed by atoms with Crippen molar-refractivity contribution in [1.82, 2.24) is 10.3 Å². The number of nitrogens with one attached hydrogen (secondary N) is 1. The molecule has 100 valence electrons. The second-order valence-corrected chi connectivity index (χ2v) is 7.36. The van der Waals surface area contributed by atoms with Crippen LogP contribution >= 0.6 is 38.6 Å². The molecule has 1 fully saturated rings. The number of rotatable bonds is 4. The topological polar surface area (TPSA) is 42.0 Å². The summed E-state index contributed by atoms with van der Waals surface area (Å²) in [5, 5.41) is 7.73. The zero-order chi connectivity index (χ0) is 13.2. The van der Waals surface area contributed by atoms with Crippen molar-refractivity contribution in [1.29, 1.82) is 0 Å². The number of halogens is 1. The van der Waals surface area contributed by atoms with E-state index < -0.39 is 0 Å². The molecule has 3 nitrogen and oxygen atoms in total. The van der Waals surface area contributed by atoms with E-state index in [0.717, 1.165) is 20.9 Å². The zero-order valence-electron chi connectivity index (χ0n) is 10.2. The SMILES string of the molecule is O=C(NCC1CCC1)c1csc(-c2cc(Br)cs2)n1. The Morgan fingerprint density at radius 1 is 1.42 bits per heavy atom. The van der Waals surface area contributed by atoms with E-state index in [-0.39, 0.29) is 5.91 Å². The molecule has 2 aromatic heterocycles. The molecule has 0 spiro atoms. The third-order valence-corrected chi connectivity index (χ3v) is 5.99. The minimum atomic E-state index is -0.0509. The summed E-state index contributed by atoms with van der Waals surface area (Å²) in [4.78, 5) is 17.5. The van der Waals surface area contributed by atoms with Crippen molar-refractivity contribution in [3.63, 3.8) is 0 Å². The van der Waals surface area contributed by atoms with Gasteiger partial charge in [0.15, 0.2) is 0 Å². The molecule has 3 rings (SSSR count). The van der Waals surface area contributed by atoms with Crippen LogP contribution in [-0.2, 0) is 0 Å². The molecular formula is C13H13BrN2OS2. The minimum Gasteiger partial charge on any atom is -0.350 e. The van der Waals surface area contributed by atoms with E-state index in [1.807, 2.05) is 16.8 Å². The molecule has 0 bridgehead atoms. The highest BCUT2D eigenvalue weighted by Crippen LogP contribution is 2.32. The molecule has 0 aliphatic heterocycles. The van der Waals surface area contributed by atoms with Crippen LogP contribution in [0.5, 0.6) is 0 Å². The maximum atomic E-state index is 12.0. The standard InChI is InChI=1S/C13H13BrN2OS2/c14-9-4-11(18-6-9)13-16-10(7-19-13)12(17)15-5-8-2-1-3-8/h4,6-8H,1-3,5H2,(H,15,17). The van der Waals surface area contributed by atoms with Crippen LogP contribution in [-0.4, -0.2) is 17.4 Å². The maximum Gasteiger partial charge on any atom is 0.270 e. The summed E-state index contributed by atoms with van der Waals surface area (Å²) in [5.41, 5.74) is 0.531. The summed E-state index contributed by atoms with van der Waals surface area (Å²) in [7, 11) is 0. The van der Waals surface area contributed by atoms with E-state index >= 15 is 0 Å². The van der Waals surface area contributed by atoms with Crippen LogP contribution < -0.4 is 5.32 Å². The summed E-state index contributed by atoms with van der Waals surface area (Å²) in [5.74, 6) is 0.625. The summed E-state index contributed by atoms with van der Waals surface area (Å²) in [6.07, 6.45) is 3.78. The molecular weight excluding hydrogens is 344 g/mol. The Morgan fingerprint density at radius 2 is 2.26 bits per heavy atom.